The van der Waals surface area contributed by atoms with E-state index in [1.807, 2.05) is 0 Å². The molecular weight excluding hydrogens is 472 g/mol. The molecule has 0 aliphatic heterocycles. The van der Waals surface area contributed by atoms with Crippen LogP contribution in [-0.4, -0.2) is 5.33 Å². The molecule has 0 saturated carbocycles. The zero-order valence-electron chi connectivity index (χ0n) is 16.8. The summed E-state index contributed by atoms with van der Waals surface area (Å²) in [6.07, 6.45) is 19.3. The minimum atomic E-state index is 0.541. The van der Waals surface area contributed by atoms with Gasteiger partial charge in [0.1, 0.15) is 0 Å². The molecule has 1 aromatic rings. The lowest BCUT2D eigenvalue weighted by molar-refractivity contribution is 0.373. The van der Waals surface area contributed by atoms with Gasteiger partial charge in [-0.15, -0.1) is 6.58 Å². The van der Waals surface area contributed by atoms with Gasteiger partial charge >= 0.3 is 0 Å². The molecule has 3 rings (SSSR count). The van der Waals surface area contributed by atoms with E-state index < -0.39 is 0 Å². The van der Waals surface area contributed by atoms with E-state index >= 15 is 0 Å². The predicted molar refractivity (Wildman–Crippen MR) is 131 cm³/mol. The summed E-state index contributed by atoms with van der Waals surface area (Å²) < 4.78 is 1.53. The highest BCUT2D eigenvalue weighted by atomic mass is 79.9. The van der Waals surface area contributed by atoms with Crippen molar-refractivity contribution in [3.8, 4) is 0 Å². The smallest absolute Gasteiger partial charge is 0.0217 e. The maximum absolute atomic E-state index is 4.13. The monoisotopic (exact) mass is 502 g/mol. The standard InChI is InChI=1S/C26H32Br2/c1-2-20(19-24(17-18-27)21-10-4-3-5-11-21)9-8-13-23-16-15-22-12-6-7-14-25(22)26(23)28/h2-6,10-12,17,20,22,25H,1,7-9,13-16,18-19H2/b24-17+. The molecule has 0 nitrogen and oxygen atoms in total. The first kappa shape index (κ1) is 21.8. The van der Waals surface area contributed by atoms with Crippen LogP contribution in [0, 0.1) is 17.8 Å². The van der Waals surface area contributed by atoms with Crippen molar-refractivity contribution in [2.75, 3.05) is 5.33 Å². The number of rotatable bonds is 9. The predicted octanol–water partition coefficient (Wildman–Crippen LogP) is 8.85. The zero-order chi connectivity index (χ0) is 19.8. The van der Waals surface area contributed by atoms with Gasteiger partial charge in [0, 0.05) is 5.33 Å². The first-order valence-electron chi connectivity index (χ1n) is 10.7. The Bertz CT molecular complexity index is 726. The number of hydrogen-bond donors (Lipinski definition) is 0. The van der Waals surface area contributed by atoms with Crippen LogP contribution in [0.1, 0.15) is 56.9 Å². The van der Waals surface area contributed by atoms with E-state index in [1.54, 1.807) is 5.57 Å². The minimum Gasteiger partial charge on any atom is -0.103 e. The van der Waals surface area contributed by atoms with Crippen LogP contribution in [0.15, 0.2) is 71.3 Å². The average Bonchev–Trinajstić information content (AvgIpc) is 2.74. The van der Waals surface area contributed by atoms with Gasteiger partial charge in [0.2, 0.25) is 0 Å². The highest BCUT2D eigenvalue weighted by molar-refractivity contribution is 9.11. The lowest BCUT2D eigenvalue weighted by Gasteiger charge is -2.34. The van der Waals surface area contributed by atoms with Gasteiger partial charge in [-0.25, -0.2) is 0 Å². The summed E-state index contributed by atoms with van der Waals surface area (Å²) in [5, 5.41) is 0.901. The largest absolute Gasteiger partial charge is 0.103 e. The first-order chi connectivity index (χ1) is 13.7. The summed E-state index contributed by atoms with van der Waals surface area (Å²) in [6, 6.07) is 10.8. The molecule has 2 heteroatoms. The van der Waals surface area contributed by atoms with Crippen molar-refractivity contribution >= 4 is 37.4 Å². The van der Waals surface area contributed by atoms with Crippen molar-refractivity contribution in [1.29, 1.82) is 0 Å². The third-order valence-electron chi connectivity index (χ3n) is 6.32. The van der Waals surface area contributed by atoms with E-state index in [9.17, 15) is 0 Å². The summed E-state index contributed by atoms with van der Waals surface area (Å²) in [4.78, 5) is 0. The molecule has 2 aliphatic rings. The van der Waals surface area contributed by atoms with Crippen molar-refractivity contribution in [3.05, 3.63) is 76.8 Å². The maximum atomic E-state index is 4.13. The molecule has 150 valence electrons. The van der Waals surface area contributed by atoms with E-state index in [-0.39, 0.29) is 0 Å². The Hall–Kier alpha value is -0.860. The van der Waals surface area contributed by atoms with Crippen molar-refractivity contribution < 1.29 is 0 Å². The number of benzene rings is 1. The van der Waals surface area contributed by atoms with E-state index in [1.165, 1.54) is 60.6 Å². The molecule has 0 heterocycles. The van der Waals surface area contributed by atoms with Crippen LogP contribution in [0.25, 0.3) is 5.57 Å². The second kappa shape index (κ2) is 11.4. The number of fused-ring (bicyclic) bond motifs is 1. The molecule has 2 aliphatic carbocycles. The van der Waals surface area contributed by atoms with Crippen molar-refractivity contribution in [2.24, 2.45) is 17.8 Å². The maximum Gasteiger partial charge on any atom is 0.0217 e. The molecule has 0 spiro atoms. The molecule has 0 radical (unpaired) electrons. The van der Waals surface area contributed by atoms with E-state index in [0.717, 1.165) is 23.6 Å². The molecule has 3 unspecified atom stereocenters. The normalized spacial score (nSPS) is 23.4. The highest BCUT2D eigenvalue weighted by Gasteiger charge is 2.29. The van der Waals surface area contributed by atoms with Crippen LogP contribution in [0.4, 0.5) is 0 Å². The molecule has 3 atom stereocenters. The van der Waals surface area contributed by atoms with Gasteiger partial charge in [0.15, 0.2) is 0 Å². The second-order valence-corrected chi connectivity index (χ2v) is 9.61. The molecular formula is C26H32Br2. The Morgan fingerprint density at radius 3 is 2.79 bits per heavy atom. The third-order valence-corrected chi connectivity index (χ3v) is 7.80. The molecule has 0 saturated heterocycles. The zero-order valence-corrected chi connectivity index (χ0v) is 19.9. The van der Waals surface area contributed by atoms with Crippen LogP contribution in [0.2, 0.25) is 0 Å². The van der Waals surface area contributed by atoms with Crippen LogP contribution in [0.5, 0.6) is 0 Å². The van der Waals surface area contributed by atoms with Crippen LogP contribution in [-0.2, 0) is 0 Å². The Labute approximate surface area is 188 Å². The number of hydrogen-bond acceptors (Lipinski definition) is 0. The molecule has 0 fully saturated rings. The minimum absolute atomic E-state index is 0.541. The van der Waals surface area contributed by atoms with Gasteiger partial charge in [-0.3, -0.25) is 0 Å². The van der Waals surface area contributed by atoms with Gasteiger partial charge in [0.05, 0.1) is 0 Å². The van der Waals surface area contributed by atoms with Crippen LogP contribution >= 0.6 is 31.9 Å². The average molecular weight is 504 g/mol. The Balaban J connectivity index is 1.56. The molecule has 1 aromatic carbocycles. The van der Waals surface area contributed by atoms with Gasteiger partial charge in [-0.1, -0.05) is 92.1 Å². The van der Waals surface area contributed by atoms with Crippen LogP contribution in [0.3, 0.4) is 0 Å². The Morgan fingerprint density at radius 2 is 2.04 bits per heavy atom. The summed E-state index contributed by atoms with van der Waals surface area (Å²) in [6.45, 7) is 4.13. The number of alkyl halides is 1. The Morgan fingerprint density at radius 1 is 1.21 bits per heavy atom. The van der Waals surface area contributed by atoms with Crippen molar-refractivity contribution in [1.82, 2.24) is 0 Å². The fourth-order valence-electron chi connectivity index (χ4n) is 4.70. The Kier molecular flexibility index (Phi) is 8.86. The topological polar surface area (TPSA) is 0 Å². The molecule has 28 heavy (non-hydrogen) atoms. The molecule has 0 bridgehead atoms. The summed E-state index contributed by atoms with van der Waals surface area (Å²) >= 11 is 7.56. The lowest BCUT2D eigenvalue weighted by Crippen LogP contribution is -2.21. The van der Waals surface area contributed by atoms with Crippen molar-refractivity contribution in [2.45, 2.75) is 51.4 Å². The molecule has 0 N–H and O–H groups in total. The van der Waals surface area contributed by atoms with Crippen molar-refractivity contribution in [3.63, 3.8) is 0 Å². The lowest BCUT2D eigenvalue weighted by atomic mass is 9.74. The fraction of sp³-hybridized carbons (Fsp3) is 0.462. The summed E-state index contributed by atoms with van der Waals surface area (Å²) in [5.74, 6) is 2.06. The first-order valence-corrected chi connectivity index (χ1v) is 12.6. The van der Waals surface area contributed by atoms with Gasteiger partial charge in [-0.05, 0) is 84.7 Å². The molecule has 0 amide bonds. The van der Waals surface area contributed by atoms with Gasteiger partial charge < -0.3 is 0 Å². The van der Waals surface area contributed by atoms with Crippen LogP contribution < -0.4 is 0 Å². The fourth-order valence-corrected chi connectivity index (χ4v) is 6.06. The summed E-state index contributed by atoms with van der Waals surface area (Å²) in [7, 11) is 0. The quantitative estimate of drug-likeness (QED) is 0.233. The second-order valence-electron chi connectivity index (χ2n) is 8.11. The number of allylic oxidation sites excluding steroid dienone is 7. The van der Waals surface area contributed by atoms with Gasteiger partial charge in [-0.2, -0.15) is 0 Å². The SMILES string of the molecule is C=CC(CCCC1=C(Br)C2CCC=CC2CC1)C/C(=C\CBr)c1ccccc1. The third kappa shape index (κ3) is 5.83. The van der Waals surface area contributed by atoms with E-state index in [0.29, 0.717) is 5.92 Å². The summed E-state index contributed by atoms with van der Waals surface area (Å²) in [5.41, 5.74) is 4.44. The molecule has 0 aromatic heterocycles. The van der Waals surface area contributed by atoms with E-state index in [2.05, 4.69) is 93.1 Å². The van der Waals surface area contributed by atoms with E-state index in [4.69, 9.17) is 0 Å². The number of halogens is 2. The highest BCUT2D eigenvalue weighted by Crippen LogP contribution is 2.44. The van der Waals surface area contributed by atoms with Gasteiger partial charge in [0.25, 0.3) is 0 Å².